The number of halogens is 1. The lowest BCUT2D eigenvalue weighted by Gasteiger charge is -2.28. The Labute approximate surface area is 153 Å². The van der Waals surface area contributed by atoms with Crippen LogP contribution in [0.4, 0.5) is 5.82 Å². The molecule has 1 aromatic heterocycles. The quantitative estimate of drug-likeness (QED) is 0.833. The molecule has 2 heterocycles. The number of rotatable bonds is 6. The van der Waals surface area contributed by atoms with Crippen LogP contribution in [0.3, 0.4) is 0 Å². The minimum atomic E-state index is -3.33. The lowest BCUT2D eigenvalue weighted by Crippen LogP contribution is -2.31. The molecule has 1 N–H and O–H groups in total. The molecule has 134 valence electrons. The summed E-state index contributed by atoms with van der Waals surface area (Å²) >= 11 is 6.17. The van der Waals surface area contributed by atoms with E-state index in [1.165, 1.54) is 19.1 Å². The molecule has 1 saturated heterocycles. The maximum atomic E-state index is 12.0. The summed E-state index contributed by atoms with van der Waals surface area (Å²) in [5, 5.41) is 3.94. The van der Waals surface area contributed by atoms with Crippen molar-refractivity contribution in [2.45, 2.75) is 23.8 Å². The van der Waals surface area contributed by atoms with Gasteiger partial charge in [0.05, 0.1) is 6.04 Å². The van der Waals surface area contributed by atoms with Crippen LogP contribution < -0.4 is 5.32 Å². The van der Waals surface area contributed by atoms with Gasteiger partial charge in [-0.1, -0.05) is 23.7 Å². The summed E-state index contributed by atoms with van der Waals surface area (Å²) < 4.78 is 23.9. The first-order valence-corrected chi connectivity index (χ1v) is 10.6. The summed E-state index contributed by atoms with van der Waals surface area (Å²) in [7, 11) is -3.33. The fourth-order valence-corrected chi connectivity index (χ4v) is 4.24. The van der Waals surface area contributed by atoms with Gasteiger partial charge in [0.15, 0.2) is 9.84 Å². The van der Waals surface area contributed by atoms with Gasteiger partial charge < -0.3 is 5.32 Å². The average Bonchev–Trinajstić information content (AvgIpc) is 3.09. The van der Waals surface area contributed by atoms with E-state index in [-0.39, 0.29) is 10.9 Å². The Kier molecular flexibility index (Phi) is 5.61. The van der Waals surface area contributed by atoms with Crippen molar-refractivity contribution in [1.82, 2.24) is 9.88 Å². The van der Waals surface area contributed by atoms with Crippen LogP contribution in [0.25, 0.3) is 0 Å². The molecule has 1 atom stereocenters. The van der Waals surface area contributed by atoms with Crippen molar-refractivity contribution < 1.29 is 8.42 Å². The van der Waals surface area contributed by atoms with E-state index in [0.29, 0.717) is 17.4 Å². The summed E-state index contributed by atoms with van der Waals surface area (Å²) in [5.74, 6) is 0.399. The first-order valence-electron chi connectivity index (χ1n) is 8.33. The van der Waals surface area contributed by atoms with Gasteiger partial charge in [-0.3, -0.25) is 4.90 Å². The first kappa shape index (κ1) is 18.2. The largest absolute Gasteiger partial charge is 0.367 e. The zero-order valence-electron chi connectivity index (χ0n) is 14.2. The lowest BCUT2D eigenvalue weighted by atomic mass is 10.1. The Bertz CT molecular complexity index is 836. The molecular weight excluding hydrogens is 358 g/mol. The number of pyridine rings is 1. The van der Waals surface area contributed by atoms with Crippen LogP contribution >= 0.6 is 11.6 Å². The van der Waals surface area contributed by atoms with Gasteiger partial charge in [-0.05, 0) is 55.8 Å². The smallest absolute Gasteiger partial charge is 0.179 e. The van der Waals surface area contributed by atoms with Gasteiger partial charge in [-0.2, -0.15) is 0 Å². The van der Waals surface area contributed by atoms with E-state index in [4.69, 9.17) is 11.6 Å². The van der Waals surface area contributed by atoms with E-state index >= 15 is 0 Å². The summed E-state index contributed by atoms with van der Waals surface area (Å²) in [6, 6.07) is 11.2. The van der Waals surface area contributed by atoms with Crippen LogP contribution in [0.15, 0.2) is 47.5 Å². The predicted molar refractivity (Wildman–Crippen MR) is 101 cm³/mol. The zero-order chi connectivity index (χ0) is 17.9. The number of likely N-dealkylation sites (tertiary alicyclic amines) is 1. The number of anilines is 1. The maximum Gasteiger partial charge on any atom is 0.179 e. The van der Waals surface area contributed by atoms with Crippen LogP contribution in [0, 0.1) is 0 Å². The van der Waals surface area contributed by atoms with E-state index in [2.05, 4.69) is 21.3 Å². The third-order valence-corrected chi connectivity index (χ3v) is 5.81. The predicted octanol–water partition coefficient (Wildman–Crippen LogP) is 3.39. The van der Waals surface area contributed by atoms with Crippen molar-refractivity contribution in [1.29, 1.82) is 0 Å². The Morgan fingerprint density at radius 1 is 1.24 bits per heavy atom. The van der Waals surface area contributed by atoms with Gasteiger partial charge in [0.1, 0.15) is 10.7 Å². The summed E-state index contributed by atoms with van der Waals surface area (Å²) in [4.78, 5) is 6.85. The van der Waals surface area contributed by atoms with E-state index in [1.807, 2.05) is 18.2 Å². The van der Waals surface area contributed by atoms with Gasteiger partial charge in [0.2, 0.25) is 0 Å². The molecule has 25 heavy (non-hydrogen) atoms. The van der Waals surface area contributed by atoms with Crippen LogP contribution in [-0.2, 0) is 9.84 Å². The monoisotopic (exact) mass is 379 g/mol. The van der Waals surface area contributed by atoms with Gasteiger partial charge >= 0.3 is 0 Å². The van der Waals surface area contributed by atoms with Gasteiger partial charge in [0.25, 0.3) is 0 Å². The minimum absolute atomic E-state index is 0.121. The Hall–Kier alpha value is -1.63. The van der Waals surface area contributed by atoms with Crippen molar-refractivity contribution in [2.24, 2.45) is 0 Å². The summed E-state index contributed by atoms with van der Waals surface area (Å²) in [6.07, 6.45) is 5.15. The molecule has 0 aliphatic carbocycles. The highest BCUT2D eigenvalue weighted by molar-refractivity contribution is 7.90. The van der Waals surface area contributed by atoms with E-state index < -0.39 is 9.84 Å². The normalized spacial score (nSPS) is 16.7. The molecule has 1 unspecified atom stereocenters. The highest BCUT2D eigenvalue weighted by atomic mass is 35.5. The molecule has 0 bridgehead atoms. The zero-order valence-corrected chi connectivity index (χ0v) is 15.7. The van der Waals surface area contributed by atoms with Crippen LogP contribution in [-0.4, -0.2) is 44.2 Å². The molecule has 0 radical (unpaired) electrons. The lowest BCUT2D eigenvalue weighted by molar-refractivity contribution is 0.256. The number of hydrogen-bond acceptors (Lipinski definition) is 5. The molecule has 7 heteroatoms. The third kappa shape index (κ3) is 4.51. The van der Waals surface area contributed by atoms with Gasteiger partial charge in [0, 0.05) is 24.0 Å². The standard InChI is InChI=1S/C18H22ClN3O2S/c1-25(23,24)17-8-5-9-20-18(17)21-13-16(22-10-2-3-11-22)14-6-4-7-15(19)12-14/h4-9,12,16H,2-3,10-11,13H2,1H3,(H,20,21). The van der Waals surface area contributed by atoms with Crippen LogP contribution in [0.2, 0.25) is 5.02 Å². The SMILES string of the molecule is CS(=O)(=O)c1cccnc1NCC(c1cccc(Cl)c1)N1CCCC1. The molecule has 0 spiro atoms. The molecule has 1 aromatic carbocycles. The molecule has 1 fully saturated rings. The molecule has 5 nitrogen and oxygen atoms in total. The first-order chi connectivity index (χ1) is 11.9. The second-order valence-electron chi connectivity index (χ2n) is 6.32. The van der Waals surface area contributed by atoms with Gasteiger partial charge in [-0.25, -0.2) is 13.4 Å². The second kappa shape index (κ2) is 7.72. The number of hydrogen-bond donors (Lipinski definition) is 1. The van der Waals surface area contributed by atoms with E-state index in [1.54, 1.807) is 18.3 Å². The number of nitrogens with zero attached hydrogens (tertiary/aromatic N) is 2. The average molecular weight is 380 g/mol. The highest BCUT2D eigenvalue weighted by Gasteiger charge is 2.24. The molecular formula is C18H22ClN3O2S. The molecule has 2 aromatic rings. The van der Waals surface area contributed by atoms with Crippen molar-refractivity contribution in [3.05, 3.63) is 53.2 Å². The third-order valence-electron chi connectivity index (χ3n) is 4.45. The van der Waals surface area contributed by atoms with E-state index in [9.17, 15) is 8.42 Å². The fourth-order valence-electron chi connectivity index (χ4n) is 3.24. The number of benzene rings is 1. The molecule has 3 rings (SSSR count). The van der Waals surface area contributed by atoms with Crippen molar-refractivity contribution >= 4 is 27.3 Å². The summed E-state index contributed by atoms with van der Waals surface area (Å²) in [5.41, 5.74) is 1.12. The number of sulfone groups is 1. The Morgan fingerprint density at radius 3 is 2.68 bits per heavy atom. The second-order valence-corrected chi connectivity index (χ2v) is 8.74. The molecule has 1 aliphatic heterocycles. The van der Waals surface area contributed by atoms with Crippen molar-refractivity contribution in [2.75, 3.05) is 31.2 Å². The number of aromatic nitrogens is 1. The molecule has 0 amide bonds. The highest BCUT2D eigenvalue weighted by Crippen LogP contribution is 2.28. The van der Waals surface area contributed by atoms with Crippen LogP contribution in [0.5, 0.6) is 0 Å². The minimum Gasteiger partial charge on any atom is -0.367 e. The topological polar surface area (TPSA) is 62.3 Å². The molecule has 1 aliphatic rings. The van der Waals surface area contributed by atoms with Gasteiger partial charge in [-0.15, -0.1) is 0 Å². The Morgan fingerprint density at radius 2 is 2.00 bits per heavy atom. The van der Waals surface area contributed by atoms with Crippen LogP contribution in [0.1, 0.15) is 24.4 Å². The van der Waals surface area contributed by atoms with E-state index in [0.717, 1.165) is 18.7 Å². The molecule has 0 saturated carbocycles. The fraction of sp³-hybridized carbons (Fsp3) is 0.389. The Balaban J connectivity index is 1.85. The summed E-state index contributed by atoms with van der Waals surface area (Å²) in [6.45, 7) is 2.62. The van der Waals surface area contributed by atoms with Crippen molar-refractivity contribution in [3.8, 4) is 0 Å². The maximum absolute atomic E-state index is 12.0. The number of nitrogens with one attached hydrogen (secondary N) is 1. The van der Waals surface area contributed by atoms with Crippen molar-refractivity contribution in [3.63, 3.8) is 0 Å².